The van der Waals surface area contributed by atoms with Crippen LogP contribution in [-0.2, 0) is 0 Å². The number of unbranched alkanes of at least 4 members (excludes halogenated alkanes) is 1. The lowest BCUT2D eigenvalue weighted by atomic mass is 10.2. The van der Waals surface area contributed by atoms with Gasteiger partial charge < -0.3 is 10.1 Å². The summed E-state index contributed by atoms with van der Waals surface area (Å²) in [5.41, 5.74) is 1.87. The van der Waals surface area contributed by atoms with Crippen molar-refractivity contribution in [2.45, 2.75) is 26.7 Å². The van der Waals surface area contributed by atoms with Gasteiger partial charge in [-0.15, -0.1) is 0 Å². The molecular formula is C15H18FN3O. The Labute approximate surface area is 118 Å². The fourth-order valence-electron chi connectivity index (χ4n) is 1.68. The summed E-state index contributed by atoms with van der Waals surface area (Å²) in [5.74, 6) is -0.383. The van der Waals surface area contributed by atoms with Crippen LogP contribution in [0.2, 0.25) is 0 Å². The quantitative estimate of drug-likeness (QED) is 0.813. The second kappa shape index (κ2) is 6.84. The lowest BCUT2D eigenvalue weighted by Crippen LogP contribution is -2.04. The first-order valence-electron chi connectivity index (χ1n) is 6.68. The Morgan fingerprint density at radius 1 is 1.35 bits per heavy atom. The molecular weight excluding hydrogens is 257 g/mol. The SMILES string of the molecule is CCCCOc1ncc(F)c(Nc2cccc(C)c2)n1. The Balaban J connectivity index is 2.12. The van der Waals surface area contributed by atoms with E-state index in [9.17, 15) is 4.39 Å². The summed E-state index contributed by atoms with van der Waals surface area (Å²) >= 11 is 0. The maximum atomic E-state index is 13.7. The number of halogens is 1. The van der Waals surface area contributed by atoms with Gasteiger partial charge in [-0.2, -0.15) is 4.98 Å². The predicted molar refractivity (Wildman–Crippen MR) is 76.9 cm³/mol. The number of ether oxygens (including phenoxy) is 1. The fraction of sp³-hybridized carbons (Fsp3) is 0.333. The van der Waals surface area contributed by atoms with Crippen molar-refractivity contribution in [2.24, 2.45) is 0 Å². The number of aryl methyl sites for hydroxylation is 1. The second-order valence-electron chi connectivity index (χ2n) is 4.55. The molecule has 4 nitrogen and oxygen atoms in total. The predicted octanol–water partition coefficient (Wildman–Crippen LogP) is 3.85. The molecule has 0 bridgehead atoms. The van der Waals surface area contributed by atoms with Gasteiger partial charge in [0.05, 0.1) is 12.8 Å². The van der Waals surface area contributed by atoms with Gasteiger partial charge in [-0.3, -0.25) is 0 Å². The largest absolute Gasteiger partial charge is 0.463 e. The van der Waals surface area contributed by atoms with Gasteiger partial charge in [-0.1, -0.05) is 25.5 Å². The third kappa shape index (κ3) is 3.91. The van der Waals surface area contributed by atoms with Crippen molar-refractivity contribution in [1.29, 1.82) is 0 Å². The number of hydrogen-bond donors (Lipinski definition) is 1. The lowest BCUT2D eigenvalue weighted by Gasteiger charge is -2.09. The molecule has 0 aliphatic heterocycles. The number of nitrogens with one attached hydrogen (secondary N) is 1. The first-order chi connectivity index (χ1) is 9.69. The molecule has 0 aliphatic rings. The van der Waals surface area contributed by atoms with Crippen LogP contribution in [0.15, 0.2) is 30.5 Å². The molecule has 1 aromatic heterocycles. The maximum Gasteiger partial charge on any atom is 0.318 e. The molecule has 0 amide bonds. The summed E-state index contributed by atoms with van der Waals surface area (Å²) in [6, 6.07) is 7.83. The van der Waals surface area contributed by atoms with Gasteiger partial charge in [0.2, 0.25) is 0 Å². The van der Waals surface area contributed by atoms with Gasteiger partial charge >= 0.3 is 6.01 Å². The number of hydrogen-bond acceptors (Lipinski definition) is 4. The number of rotatable bonds is 6. The van der Waals surface area contributed by atoms with E-state index < -0.39 is 5.82 Å². The van der Waals surface area contributed by atoms with E-state index in [1.54, 1.807) is 0 Å². The van der Waals surface area contributed by atoms with Crippen LogP contribution in [0.5, 0.6) is 6.01 Å². The molecule has 0 spiro atoms. The van der Waals surface area contributed by atoms with E-state index in [0.717, 1.165) is 30.3 Å². The molecule has 106 valence electrons. The average molecular weight is 275 g/mol. The standard InChI is InChI=1S/C15H18FN3O/c1-3-4-8-20-15-17-10-13(16)14(19-15)18-12-7-5-6-11(2)9-12/h5-7,9-10H,3-4,8H2,1-2H3,(H,17,18,19). The zero-order valence-corrected chi connectivity index (χ0v) is 11.7. The topological polar surface area (TPSA) is 47.0 Å². The Hall–Kier alpha value is -2.17. The molecule has 2 rings (SSSR count). The van der Waals surface area contributed by atoms with Gasteiger partial charge in [0, 0.05) is 5.69 Å². The van der Waals surface area contributed by atoms with Gasteiger partial charge in [0.25, 0.3) is 0 Å². The maximum absolute atomic E-state index is 13.7. The van der Waals surface area contributed by atoms with E-state index in [0.29, 0.717) is 6.61 Å². The highest BCUT2D eigenvalue weighted by Gasteiger charge is 2.08. The molecule has 1 heterocycles. The van der Waals surface area contributed by atoms with Crippen LogP contribution in [0.3, 0.4) is 0 Å². The second-order valence-corrected chi connectivity index (χ2v) is 4.55. The zero-order chi connectivity index (χ0) is 14.4. The van der Waals surface area contributed by atoms with Crippen molar-refractivity contribution >= 4 is 11.5 Å². The zero-order valence-electron chi connectivity index (χ0n) is 11.7. The third-order valence-corrected chi connectivity index (χ3v) is 2.73. The van der Waals surface area contributed by atoms with E-state index in [2.05, 4.69) is 22.2 Å². The van der Waals surface area contributed by atoms with Crippen LogP contribution in [-0.4, -0.2) is 16.6 Å². The van der Waals surface area contributed by atoms with Crippen molar-refractivity contribution in [3.8, 4) is 6.01 Å². The van der Waals surface area contributed by atoms with E-state index in [1.165, 1.54) is 0 Å². The highest BCUT2D eigenvalue weighted by atomic mass is 19.1. The molecule has 20 heavy (non-hydrogen) atoms. The van der Waals surface area contributed by atoms with Crippen molar-refractivity contribution in [3.63, 3.8) is 0 Å². The number of nitrogens with zero attached hydrogens (tertiary/aromatic N) is 2. The summed E-state index contributed by atoms with van der Waals surface area (Å²) in [6.45, 7) is 4.58. The highest BCUT2D eigenvalue weighted by Crippen LogP contribution is 2.20. The fourth-order valence-corrected chi connectivity index (χ4v) is 1.68. The van der Waals surface area contributed by atoms with Crippen LogP contribution < -0.4 is 10.1 Å². The molecule has 5 heteroatoms. The van der Waals surface area contributed by atoms with Gasteiger partial charge in [-0.05, 0) is 31.0 Å². The van der Waals surface area contributed by atoms with E-state index in [-0.39, 0.29) is 11.8 Å². The summed E-state index contributed by atoms with van der Waals surface area (Å²) in [7, 11) is 0. The molecule has 1 N–H and O–H groups in total. The number of anilines is 2. The Bertz CT molecular complexity index is 575. The molecule has 0 radical (unpaired) electrons. The van der Waals surface area contributed by atoms with Crippen LogP contribution in [0, 0.1) is 12.7 Å². The summed E-state index contributed by atoms with van der Waals surface area (Å²) in [6.07, 6.45) is 3.06. The normalized spacial score (nSPS) is 10.3. The Kier molecular flexibility index (Phi) is 4.87. The summed E-state index contributed by atoms with van der Waals surface area (Å²) in [5, 5.41) is 2.94. The van der Waals surface area contributed by atoms with E-state index in [1.807, 2.05) is 31.2 Å². The van der Waals surface area contributed by atoms with Crippen LogP contribution in [0.1, 0.15) is 25.3 Å². The van der Waals surface area contributed by atoms with Crippen molar-refractivity contribution in [2.75, 3.05) is 11.9 Å². The van der Waals surface area contributed by atoms with E-state index in [4.69, 9.17) is 4.74 Å². The molecule has 2 aromatic rings. The smallest absolute Gasteiger partial charge is 0.318 e. The molecule has 0 atom stereocenters. The number of benzene rings is 1. The van der Waals surface area contributed by atoms with Crippen molar-refractivity contribution in [3.05, 3.63) is 41.8 Å². The Morgan fingerprint density at radius 2 is 2.20 bits per heavy atom. The highest BCUT2D eigenvalue weighted by molar-refractivity contribution is 5.57. The first-order valence-corrected chi connectivity index (χ1v) is 6.68. The van der Waals surface area contributed by atoms with Crippen molar-refractivity contribution in [1.82, 2.24) is 9.97 Å². The van der Waals surface area contributed by atoms with Crippen LogP contribution in [0.4, 0.5) is 15.9 Å². The molecule has 0 saturated heterocycles. The molecule has 0 saturated carbocycles. The Morgan fingerprint density at radius 3 is 2.95 bits per heavy atom. The molecule has 0 fully saturated rings. The van der Waals surface area contributed by atoms with Crippen LogP contribution in [0.25, 0.3) is 0 Å². The first kappa shape index (κ1) is 14.2. The monoisotopic (exact) mass is 275 g/mol. The minimum absolute atomic E-state index is 0.122. The lowest BCUT2D eigenvalue weighted by molar-refractivity contribution is 0.284. The number of aromatic nitrogens is 2. The summed E-state index contributed by atoms with van der Waals surface area (Å²) in [4.78, 5) is 7.87. The minimum Gasteiger partial charge on any atom is -0.463 e. The minimum atomic E-state index is -0.505. The van der Waals surface area contributed by atoms with Gasteiger partial charge in [-0.25, -0.2) is 9.37 Å². The molecule has 1 aromatic carbocycles. The average Bonchev–Trinajstić information content (AvgIpc) is 2.43. The third-order valence-electron chi connectivity index (χ3n) is 2.73. The van der Waals surface area contributed by atoms with Crippen molar-refractivity contribution < 1.29 is 9.13 Å². The van der Waals surface area contributed by atoms with Crippen LogP contribution >= 0.6 is 0 Å². The van der Waals surface area contributed by atoms with E-state index >= 15 is 0 Å². The molecule has 0 unspecified atom stereocenters. The van der Waals surface area contributed by atoms with Gasteiger partial charge in [0.1, 0.15) is 0 Å². The molecule has 0 aliphatic carbocycles. The summed E-state index contributed by atoms with van der Waals surface area (Å²) < 4.78 is 19.1. The van der Waals surface area contributed by atoms with Gasteiger partial charge in [0.15, 0.2) is 11.6 Å².